The average molecular weight is 277 g/mol. The van der Waals surface area contributed by atoms with Crippen molar-refractivity contribution in [1.82, 2.24) is 4.90 Å². The molecule has 20 heavy (non-hydrogen) atoms. The Bertz CT molecular complexity index is 437. The first kappa shape index (κ1) is 14.9. The van der Waals surface area contributed by atoms with E-state index in [-0.39, 0.29) is 12.0 Å². The average Bonchev–Trinajstić information content (AvgIpc) is 3.00. The van der Waals surface area contributed by atoms with Crippen molar-refractivity contribution in [2.75, 3.05) is 26.3 Å². The van der Waals surface area contributed by atoms with Crippen LogP contribution in [0.25, 0.3) is 0 Å². The van der Waals surface area contributed by atoms with Gasteiger partial charge in [0.15, 0.2) is 0 Å². The standard InChI is InChI=1S/C16H23NO3/c1-3-17(4-2)16(18)14-9-5-6-10-15(14)20-12-13-8-7-11-19-13/h5-6,9-10,13H,3-4,7-8,11-12H2,1-2H3. The lowest BCUT2D eigenvalue weighted by atomic mass is 10.1. The number of carbonyl (C=O) groups is 1. The van der Waals surface area contributed by atoms with Crippen molar-refractivity contribution in [2.24, 2.45) is 0 Å². The van der Waals surface area contributed by atoms with Gasteiger partial charge in [-0.3, -0.25) is 4.79 Å². The second kappa shape index (κ2) is 7.29. The van der Waals surface area contributed by atoms with Gasteiger partial charge in [-0.2, -0.15) is 0 Å². The number of hydrogen-bond acceptors (Lipinski definition) is 3. The summed E-state index contributed by atoms with van der Waals surface area (Å²) in [6.45, 7) is 6.70. The molecular formula is C16H23NO3. The van der Waals surface area contributed by atoms with E-state index in [1.54, 1.807) is 4.90 Å². The van der Waals surface area contributed by atoms with Crippen LogP contribution in [0.3, 0.4) is 0 Å². The van der Waals surface area contributed by atoms with Gasteiger partial charge in [-0.25, -0.2) is 0 Å². The van der Waals surface area contributed by atoms with Gasteiger partial charge in [-0.05, 0) is 38.8 Å². The fraction of sp³-hybridized carbons (Fsp3) is 0.562. The van der Waals surface area contributed by atoms with Crippen LogP contribution in [0, 0.1) is 0 Å². The van der Waals surface area contributed by atoms with Crippen LogP contribution in [0.4, 0.5) is 0 Å². The molecule has 0 aromatic heterocycles. The topological polar surface area (TPSA) is 38.8 Å². The summed E-state index contributed by atoms with van der Waals surface area (Å²) in [5.74, 6) is 0.679. The summed E-state index contributed by atoms with van der Waals surface area (Å²) in [7, 11) is 0. The summed E-state index contributed by atoms with van der Waals surface area (Å²) >= 11 is 0. The second-order valence-corrected chi connectivity index (χ2v) is 4.92. The molecule has 110 valence electrons. The molecule has 2 rings (SSSR count). The van der Waals surface area contributed by atoms with E-state index in [2.05, 4.69) is 0 Å². The summed E-state index contributed by atoms with van der Waals surface area (Å²) in [5, 5.41) is 0. The molecule has 1 aliphatic rings. The predicted octanol–water partition coefficient (Wildman–Crippen LogP) is 2.73. The third-order valence-corrected chi connectivity index (χ3v) is 3.62. The Morgan fingerprint density at radius 3 is 2.75 bits per heavy atom. The predicted molar refractivity (Wildman–Crippen MR) is 78.2 cm³/mol. The smallest absolute Gasteiger partial charge is 0.257 e. The van der Waals surface area contributed by atoms with E-state index in [0.717, 1.165) is 19.4 Å². The normalized spacial score (nSPS) is 18.0. The van der Waals surface area contributed by atoms with Crippen LogP contribution in [0.15, 0.2) is 24.3 Å². The van der Waals surface area contributed by atoms with Gasteiger partial charge in [0.05, 0.1) is 11.7 Å². The van der Waals surface area contributed by atoms with Gasteiger partial charge in [0, 0.05) is 19.7 Å². The van der Waals surface area contributed by atoms with E-state index in [0.29, 0.717) is 31.0 Å². The lowest BCUT2D eigenvalue weighted by Gasteiger charge is -2.21. The lowest BCUT2D eigenvalue weighted by Crippen LogP contribution is -2.31. The van der Waals surface area contributed by atoms with Gasteiger partial charge in [0.1, 0.15) is 12.4 Å². The first-order valence-electron chi connectivity index (χ1n) is 7.39. The Labute approximate surface area is 120 Å². The van der Waals surface area contributed by atoms with E-state index in [1.807, 2.05) is 38.1 Å². The Kier molecular flexibility index (Phi) is 5.41. The molecule has 1 aromatic rings. The van der Waals surface area contributed by atoms with Crippen LogP contribution < -0.4 is 4.74 Å². The van der Waals surface area contributed by atoms with E-state index >= 15 is 0 Å². The largest absolute Gasteiger partial charge is 0.490 e. The van der Waals surface area contributed by atoms with Crippen molar-refractivity contribution in [3.05, 3.63) is 29.8 Å². The number of rotatable bonds is 6. The summed E-state index contributed by atoms with van der Waals surface area (Å²) in [5.41, 5.74) is 0.634. The molecule has 0 bridgehead atoms. The van der Waals surface area contributed by atoms with Gasteiger partial charge < -0.3 is 14.4 Å². The zero-order valence-electron chi connectivity index (χ0n) is 12.3. The Morgan fingerprint density at radius 2 is 2.10 bits per heavy atom. The number of ether oxygens (including phenoxy) is 2. The van der Waals surface area contributed by atoms with E-state index in [4.69, 9.17) is 9.47 Å². The van der Waals surface area contributed by atoms with Crippen molar-refractivity contribution in [3.63, 3.8) is 0 Å². The van der Waals surface area contributed by atoms with Crippen molar-refractivity contribution < 1.29 is 14.3 Å². The van der Waals surface area contributed by atoms with Crippen LogP contribution in [0.1, 0.15) is 37.0 Å². The maximum absolute atomic E-state index is 12.4. The first-order valence-corrected chi connectivity index (χ1v) is 7.39. The molecular weight excluding hydrogens is 254 g/mol. The molecule has 0 spiro atoms. The molecule has 1 unspecified atom stereocenters. The van der Waals surface area contributed by atoms with Crippen molar-refractivity contribution in [1.29, 1.82) is 0 Å². The van der Waals surface area contributed by atoms with E-state index < -0.39 is 0 Å². The molecule has 0 saturated carbocycles. The molecule has 1 saturated heterocycles. The number of para-hydroxylation sites is 1. The molecule has 0 aliphatic carbocycles. The maximum atomic E-state index is 12.4. The number of carbonyl (C=O) groups excluding carboxylic acids is 1. The molecule has 4 heteroatoms. The Balaban J connectivity index is 2.06. The van der Waals surface area contributed by atoms with Crippen LogP contribution in [0.5, 0.6) is 5.75 Å². The summed E-state index contributed by atoms with van der Waals surface area (Å²) < 4.78 is 11.4. The molecule has 1 fully saturated rings. The second-order valence-electron chi connectivity index (χ2n) is 4.92. The Morgan fingerprint density at radius 1 is 1.35 bits per heavy atom. The highest BCUT2D eigenvalue weighted by atomic mass is 16.5. The number of benzene rings is 1. The number of amides is 1. The highest BCUT2D eigenvalue weighted by molar-refractivity contribution is 5.96. The highest BCUT2D eigenvalue weighted by Crippen LogP contribution is 2.21. The minimum atomic E-state index is 0.0259. The van der Waals surface area contributed by atoms with Gasteiger partial charge in [0.2, 0.25) is 0 Å². The summed E-state index contributed by atoms with van der Waals surface area (Å²) in [4.78, 5) is 14.2. The van der Waals surface area contributed by atoms with Gasteiger partial charge in [-0.1, -0.05) is 12.1 Å². The SMILES string of the molecule is CCN(CC)C(=O)c1ccccc1OCC1CCCO1. The molecule has 0 N–H and O–H groups in total. The fourth-order valence-corrected chi connectivity index (χ4v) is 2.41. The number of hydrogen-bond donors (Lipinski definition) is 0. The zero-order chi connectivity index (χ0) is 14.4. The van der Waals surface area contributed by atoms with Crippen molar-refractivity contribution in [3.8, 4) is 5.75 Å². The molecule has 4 nitrogen and oxygen atoms in total. The van der Waals surface area contributed by atoms with E-state index in [1.165, 1.54) is 0 Å². The summed E-state index contributed by atoms with van der Waals surface area (Å²) in [6, 6.07) is 7.44. The molecule has 1 heterocycles. The first-order chi connectivity index (χ1) is 9.76. The minimum Gasteiger partial charge on any atom is -0.490 e. The minimum absolute atomic E-state index is 0.0259. The van der Waals surface area contributed by atoms with E-state index in [9.17, 15) is 4.79 Å². The van der Waals surface area contributed by atoms with Crippen LogP contribution in [-0.4, -0.2) is 43.2 Å². The molecule has 1 aliphatic heterocycles. The quantitative estimate of drug-likeness (QED) is 0.802. The molecule has 1 amide bonds. The van der Waals surface area contributed by atoms with Crippen LogP contribution >= 0.6 is 0 Å². The summed E-state index contributed by atoms with van der Waals surface area (Å²) in [6.07, 6.45) is 2.28. The monoisotopic (exact) mass is 277 g/mol. The van der Waals surface area contributed by atoms with Gasteiger partial charge in [-0.15, -0.1) is 0 Å². The number of nitrogens with zero attached hydrogens (tertiary/aromatic N) is 1. The third-order valence-electron chi connectivity index (χ3n) is 3.62. The van der Waals surface area contributed by atoms with Crippen molar-refractivity contribution in [2.45, 2.75) is 32.8 Å². The van der Waals surface area contributed by atoms with Crippen LogP contribution in [0.2, 0.25) is 0 Å². The zero-order valence-corrected chi connectivity index (χ0v) is 12.3. The molecule has 1 atom stereocenters. The maximum Gasteiger partial charge on any atom is 0.257 e. The van der Waals surface area contributed by atoms with Gasteiger partial charge >= 0.3 is 0 Å². The fourth-order valence-electron chi connectivity index (χ4n) is 2.41. The Hall–Kier alpha value is -1.55. The molecule has 1 aromatic carbocycles. The molecule has 0 radical (unpaired) electrons. The van der Waals surface area contributed by atoms with Gasteiger partial charge in [0.25, 0.3) is 5.91 Å². The third kappa shape index (κ3) is 3.51. The van der Waals surface area contributed by atoms with Crippen molar-refractivity contribution >= 4 is 5.91 Å². The highest BCUT2D eigenvalue weighted by Gasteiger charge is 2.20. The lowest BCUT2D eigenvalue weighted by molar-refractivity contribution is 0.0654. The van der Waals surface area contributed by atoms with Crippen LogP contribution in [-0.2, 0) is 4.74 Å².